The van der Waals surface area contributed by atoms with Gasteiger partial charge in [-0.05, 0) is 80.0 Å². The van der Waals surface area contributed by atoms with Crippen molar-refractivity contribution in [3.63, 3.8) is 0 Å². The first kappa shape index (κ1) is 19.9. The number of aryl methyl sites for hydroxylation is 2. The molecular weight excluding hydrogens is 364 g/mol. The Hall–Kier alpha value is -1.89. The van der Waals surface area contributed by atoms with Gasteiger partial charge in [-0.2, -0.15) is 0 Å². The van der Waals surface area contributed by atoms with Crippen molar-refractivity contribution >= 4 is 27.5 Å². The number of sulfonamides is 1. The van der Waals surface area contributed by atoms with E-state index in [1.165, 1.54) is 18.1 Å². The quantitative estimate of drug-likeness (QED) is 0.746. The molecule has 0 spiro atoms. The molecule has 6 nitrogen and oxygen atoms in total. The van der Waals surface area contributed by atoms with Crippen LogP contribution in [0.2, 0.25) is 0 Å². The number of hydrogen-bond donors (Lipinski definition) is 2. The van der Waals surface area contributed by atoms with E-state index >= 15 is 0 Å². The number of anilines is 1. The SMILES string of the molecule is CC(=O)CCC(C)CS(=O)(=O)NC(=O)Nc1c2c(cc3c1CCC3)CCC2. The van der Waals surface area contributed by atoms with Crippen LogP contribution in [0.1, 0.15) is 61.8 Å². The largest absolute Gasteiger partial charge is 0.332 e. The van der Waals surface area contributed by atoms with Gasteiger partial charge in [0.2, 0.25) is 10.0 Å². The van der Waals surface area contributed by atoms with Gasteiger partial charge < -0.3 is 10.1 Å². The minimum atomic E-state index is -3.75. The zero-order valence-electron chi connectivity index (χ0n) is 16.1. The van der Waals surface area contributed by atoms with Gasteiger partial charge in [-0.25, -0.2) is 17.9 Å². The summed E-state index contributed by atoms with van der Waals surface area (Å²) in [5.74, 6) is -0.320. The van der Waals surface area contributed by atoms with Crippen LogP contribution in [0, 0.1) is 5.92 Å². The first-order valence-corrected chi connectivity index (χ1v) is 11.4. The fourth-order valence-electron chi connectivity index (χ4n) is 4.20. The number of nitrogens with one attached hydrogen (secondary N) is 2. The van der Waals surface area contributed by atoms with Crippen LogP contribution >= 0.6 is 0 Å². The number of amides is 2. The normalized spacial score (nSPS) is 16.5. The standard InChI is InChI=1S/C20H28N2O4S/c1-13(9-10-14(2)23)12-27(25,26)22-20(24)21-19-17-7-3-5-15(17)11-16-6-4-8-18(16)19/h11,13H,3-10,12H2,1-2H3,(H2,21,22,24). The van der Waals surface area contributed by atoms with Crippen LogP contribution in [-0.2, 0) is 40.5 Å². The highest BCUT2D eigenvalue weighted by Gasteiger charge is 2.26. The van der Waals surface area contributed by atoms with E-state index in [2.05, 4.69) is 16.1 Å². The van der Waals surface area contributed by atoms with Crippen LogP contribution in [0.4, 0.5) is 10.5 Å². The minimum absolute atomic E-state index is 0.0386. The maximum absolute atomic E-state index is 12.4. The number of hydrogen-bond acceptors (Lipinski definition) is 4. The van der Waals surface area contributed by atoms with E-state index in [4.69, 9.17) is 0 Å². The Morgan fingerprint density at radius 2 is 1.67 bits per heavy atom. The smallest absolute Gasteiger partial charge is 0.307 e. The molecule has 2 aliphatic rings. The summed E-state index contributed by atoms with van der Waals surface area (Å²) in [5.41, 5.74) is 5.73. The summed E-state index contributed by atoms with van der Waals surface area (Å²) in [5, 5.41) is 2.84. The average molecular weight is 393 g/mol. The second-order valence-corrected chi connectivity index (χ2v) is 9.68. The fraction of sp³-hybridized carbons (Fsp3) is 0.600. The number of fused-ring (bicyclic) bond motifs is 2. The second kappa shape index (κ2) is 8.00. The first-order chi connectivity index (χ1) is 12.7. The van der Waals surface area contributed by atoms with Crippen molar-refractivity contribution in [3.8, 4) is 0 Å². The highest BCUT2D eigenvalue weighted by atomic mass is 32.2. The Morgan fingerprint density at radius 1 is 1.07 bits per heavy atom. The minimum Gasteiger partial charge on any atom is -0.307 e. The monoisotopic (exact) mass is 392 g/mol. The highest BCUT2D eigenvalue weighted by Crippen LogP contribution is 2.38. The summed E-state index contributed by atoms with van der Waals surface area (Å²) in [4.78, 5) is 23.5. The van der Waals surface area contributed by atoms with E-state index in [1.54, 1.807) is 6.92 Å². The molecule has 0 fully saturated rings. The molecule has 0 aromatic heterocycles. The Kier molecular flexibility index (Phi) is 5.89. The molecule has 1 aromatic rings. The molecule has 1 unspecified atom stereocenters. The highest BCUT2D eigenvalue weighted by molar-refractivity contribution is 7.90. The van der Waals surface area contributed by atoms with Gasteiger partial charge >= 0.3 is 6.03 Å². The molecule has 0 saturated carbocycles. The summed E-state index contributed by atoms with van der Waals surface area (Å²) in [6.45, 7) is 3.26. The molecule has 7 heteroatoms. The van der Waals surface area contributed by atoms with E-state index < -0.39 is 16.1 Å². The van der Waals surface area contributed by atoms with Crippen LogP contribution in [0.5, 0.6) is 0 Å². The van der Waals surface area contributed by atoms with Crippen LogP contribution < -0.4 is 10.0 Å². The molecule has 1 atom stereocenters. The van der Waals surface area contributed by atoms with E-state index in [9.17, 15) is 18.0 Å². The molecule has 0 bridgehead atoms. The molecule has 1 aromatic carbocycles. The van der Waals surface area contributed by atoms with Gasteiger partial charge in [-0.15, -0.1) is 0 Å². The first-order valence-electron chi connectivity index (χ1n) is 9.72. The molecule has 2 amide bonds. The van der Waals surface area contributed by atoms with Crippen molar-refractivity contribution in [2.24, 2.45) is 5.92 Å². The van der Waals surface area contributed by atoms with Crippen molar-refractivity contribution in [2.75, 3.05) is 11.1 Å². The van der Waals surface area contributed by atoms with E-state index in [1.807, 2.05) is 0 Å². The zero-order valence-corrected chi connectivity index (χ0v) is 16.9. The lowest BCUT2D eigenvalue weighted by Crippen LogP contribution is -2.37. The van der Waals surface area contributed by atoms with E-state index in [0.717, 1.165) is 55.3 Å². The van der Waals surface area contributed by atoms with Crippen LogP contribution in [0.25, 0.3) is 0 Å². The molecule has 3 rings (SSSR count). The average Bonchev–Trinajstić information content (AvgIpc) is 3.20. The second-order valence-electron chi connectivity index (χ2n) is 7.92. The predicted molar refractivity (Wildman–Crippen MR) is 106 cm³/mol. The number of urea groups is 1. The number of rotatable bonds is 7. The van der Waals surface area contributed by atoms with Crippen molar-refractivity contribution in [3.05, 3.63) is 28.3 Å². The number of carbonyl (C=O) groups is 2. The van der Waals surface area contributed by atoms with E-state index in [0.29, 0.717) is 12.8 Å². The Bertz CT molecular complexity index is 829. The van der Waals surface area contributed by atoms with Gasteiger partial charge in [0.25, 0.3) is 0 Å². The maximum atomic E-state index is 12.4. The molecule has 148 valence electrons. The van der Waals surface area contributed by atoms with Gasteiger partial charge in [0, 0.05) is 12.1 Å². The summed E-state index contributed by atoms with van der Waals surface area (Å²) in [6, 6.07) is 1.57. The Morgan fingerprint density at radius 3 is 2.22 bits per heavy atom. The lowest BCUT2D eigenvalue weighted by molar-refractivity contribution is -0.117. The topological polar surface area (TPSA) is 92.3 Å². The summed E-state index contributed by atoms with van der Waals surface area (Å²) < 4.78 is 26.7. The molecular formula is C20H28N2O4S. The fourth-order valence-corrected chi connectivity index (χ4v) is 5.53. The van der Waals surface area contributed by atoms with Crippen LogP contribution in [0.3, 0.4) is 0 Å². The maximum Gasteiger partial charge on any atom is 0.332 e. The number of ketones is 1. The van der Waals surface area contributed by atoms with Gasteiger partial charge in [-0.1, -0.05) is 13.0 Å². The molecule has 0 saturated heterocycles. The van der Waals surface area contributed by atoms with Crippen LogP contribution in [-0.4, -0.2) is 26.0 Å². The Labute approximate surface area is 161 Å². The number of benzene rings is 1. The van der Waals surface area contributed by atoms with Crippen LogP contribution in [0.15, 0.2) is 6.07 Å². The predicted octanol–water partition coefficient (Wildman–Crippen LogP) is 3.12. The Balaban J connectivity index is 1.67. The molecule has 0 radical (unpaired) electrons. The lowest BCUT2D eigenvalue weighted by Gasteiger charge is -2.17. The summed E-state index contributed by atoms with van der Waals surface area (Å²) in [6.07, 6.45) is 6.87. The van der Waals surface area contributed by atoms with Gasteiger partial charge in [0.1, 0.15) is 5.78 Å². The van der Waals surface area contributed by atoms with Crippen molar-refractivity contribution in [1.29, 1.82) is 0 Å². The molecule has 27 heavy (non-hydrogen) atoms. The summed E-state index contributed by atoms with van der Waals surface area (Å²) >= 11 is 0. The zero-order chi connectivity index (χ0) is 19.6. The molecule has 2 aliphatic carbocycles. The lowest BCUT2D eigenvalue weighted by atomic mass is 9.99. The van der Waals surface area contributed by atoms with Crippen molar-refractivity contribution in [1.82, 2.24) is 4.72 Å². The molecule has 0 aliphatic heterocycles. The summed E-state index contributed by atoms with van der Waals surface area (Å²) in [7, 11) is -3.75. The van der Waals surface area contributed by atoms with E-state index in [-0.39, 0.29) is 17.5 Å². The van der Waals surface area contributed by atoms with Gasteiger partial charge in [0.15, 0.2) is 0 Å². The third kappa shape index (κ3) is 4.89. The number of Topliss-reactive ketones (excluding diaryl/α,β-unsaturated/α-hetero) is 1. The van der Waals surface area contributed by atoms with Gasteiger partial charge in [-0.3, -0.25) is 0 Å². The molecule has 0 heterocycles. The third-order valence-corrected chi connectivity index (χ3v) is 6.96. The van der Waals surface area contributed by atoms with Gasteiger partial charge in [0.05, 0.1) is 5.75 Å². The van der Waals surface area contributed by atoms with Crippen molar-refractivity contribution in [2.45, 2.75) is 65.2 Å². The van der Waals surface area contributed by atoms with Crippen molar-refractivity contribution < 1.29 is 18.0 Å². The third-order valence-electron chi connectivity index (χ3n) is 5.45. The number of carbonyl (C=O) groups excluding carboxylic acids is 2. The molecule has 2 N–H and O–H groups in total.